The van der Waals surface area contributed by atoms with Crippen LogP contribution in [0.5, 0.6) is 0 Å². The van der Waals surface area contributed by atoms with Gasteiger partial charge in [0.25, 0.3) is 5.91 Å². The number of hydrogen-bond acceptors (Lipinski definition) is 3. The molecule has 0 saturated heterocycles. The summed E-state index contributed by atoms with van der Waals surface area (Å²) in [5.74, 6) is 1.31. The van der Waals surface area contributed by atoms with Gasteiger partial charge in [0, 0.05) is 22.2 Å². The first kappa shape index (κ1) is 18.5. The largest absolute Gasteiger partial charge is 0.457 e. The van der Waals surface area contributed by atoms with E-state index in [0.29, 0.717) is 17.4 Å². The van der Waals surface area contributed by atoms with Gasteiger partial charge in [-0.05, 0) is 43.0 Å². The van der Waals surface area contributed by atoms with E-state index in [-0.39, 0.29) is 17.5 Å². The zero-order chi connectivity index (χ0) is 18.5. The van der Waals surface area contributed by atoms with Crippen LogP contribution < -0.4 is 5.32 Å². The van der Waals surface area contributed by atoms with Crippen LogP contribution in [0.25, 0.3) is 17.4 Å². The number of nitriles is 1. The second kappa shape index (κ2) is 8.37. The zero-order valence-corrected chi connectivity index (χ0v) is 16.3. The lowest BCUT2D eigenvalue weighted by Crippen LogP contribution is -2.41. The molecule has 1 heterocycles. The summed E-state index contributed by atoms with van der Waals surface area (Å²) in [4.78, 5) is 12.5. The molecule has 1 aromatic heterocycles. The fourth-order valence-electron chi connectivity index (χ4n) is 3.27. The van der Waals surface area contributed by atoms with Gasteiger partial charge in [-0.1, -0.05) is 47.8 Å². The van der Waals surface area contributed by atoms with Crippen LogP contribution >= 0.6 is 15.9 Å². The summed E-state index contributed by atoms with van der Waals surface area (Å²) < 4.78 is 6.77. The van der Waals surface area contributed by atoms with Crippen LogP contribution in [0.4, 0.5) is 0 Å². The molecule has 2 aromatic rings. The lowest BCUT2D eigenvalue weighted by atomic mass is 9.86. The van der Waals surface area contributed by atoms with Crippen LogP contribution in [0.2, 0.25) is 0 Å². The van der Waals surface area contributed by atoms with E-state index in [9.17, 15) is 10.1 Å². The molecule has 0 radical (unpaired) electrons. The molecular formula is C21H21BrN2O2. The van der Waals surface area contributed by atoms with Crippen LogP contribution in [0.3, 0.4) is 0 Å². The van der Waals surface area contributed by atoms with E-state index in [0.717, 1.165) is 29.3 Å². The Labute approximate surface area is 162 Å². The average Bonchev–Trinajstić information content (AvgIpc) is 3.10. The standard InChI is InChI=1S/C21H21BrN2O2/c1-14-4-2-3-5-19(14)24-21(25)16(13-23)12-18-10-11-20(26-18)15-6-8-17(22)9-7-15/h6-12,14,19H,2-5H2,1H3,(H,24,25)/b16-12+/t14-,19+/m0/s1. The summed E-state index contributed by atoms with van der Waals surface area (Å²) in [7, 11) is 0. The summed E-state index contributed by atoms with van der Waals surface area (Å²) in [6.45, 7) is 2.15. The molecule has 1 aliphatic carbocycles. The van der Waals surface area contributed by atoms with Gasteiger partial charge in [-0.3, -0.25) is 4.79 Å². The first-order valence-electron chi connectivity index (χ1n) is 8.85. The highest BCUT2D eigenvalue weighted by atomic mass is 79.9. The van der Waals surface area contributed by atoms with Crippen molar-refractivity contribution >= 4 is 27.9 Å². The Hall–Kier alpha value is -2.32. The Morgan fingerprint density at radius 3 is 2.65 bits per heavy atom. The molecule has 3 rings (SSSR count). The van der Waals surface area contributed by atoms with E-state index in [1.807, 2.05) is 36.4 Å². The Kier molecular flexibility index (Phi) is 5.95. The number of carbonyl (C=O) groups is 1. The van der Waals surface area contributed by atoms with Gasteiger partial charge >= 0.3 is 0 Å². The minimum Gasteiger partial charge on any atom is -0.457 e. The molecule has 0 aliphatic heterocycles. The summed E-state index contributed by atoms with van der Waals surface area (Å²) in [5, 5.41) is 12.4. The molecule has 4 nitrogen and oxygen atoms in total. The van der Waals surface area contributed by atoms with Gasteiger partial charge in [0.15, 0.2) is 0 Å². The maximum atomic E-state index is 12.5. The summed E-state index contributed by atoms with van der Waals surface area (Å²) in [6, 6.07) is 13.5. The van der Waals surface area contributed by atoms with Crippen molar-refractivity contribution in [1.82, 2.24) is 5.32 Å². The monoisotopic (exact) mass is 412 g/mol. The summed E-state index contributed by atoms with van der Waals surface area (Å²) in [5.41, 5.74) is 1.01. The molecular weight excluding hydrogens is 392 g/mol. The number of carbonyl (C=O) groups excluding carboxylic acids is 1. The Bertz CT molecular complexity index is 846. The van der Waals surface area contributed by atoms with Crippen LogP contribution in [0.15, 0.2) is 50.9 Å². The van der Waals surface area contributed by atoms with Crippen molar-refractivity contribution in [3.63, 3.8) is 0 Å². The van der Waals surface area contributed by atoms with E-state index >= 15 is 0 Å². The van der Waals surface area contributed by atoms with Crippen molar-refractivity contribution in [3.8, 4) is 17.4 Å². The van der Waals surface area contributed by atoms with Crippen molar-refractivity contribution in [3.05, 3.63) is 52.2 Å². The number of hydrogen-bond donors (Lipinski definition) is 1. The first-order chi connectivity index (χ1) is 12.6. The highest BCUT2D eigenvalue weighted by Gasteiger charge is 2.24. The van der Waals surface area contributed by atoms with Gasteiger partial charge in [0.1, 0.15) is 23.2 Å². The van der Waals surface area contributed by atoms with Gasteiger partial charge in [-0.2, -0.15) is 5.26 Å². The Morgan fingerprint density at radius 2 is 1.96 bits per heavy atom. The molecule has 0 unspecified atom stereocenters. The smallest absolute Gasteiger partial charge is 0.262 e. The average molecular weight is 413 g/mol. The van der Waals surface area contributed by atoms with Crippen molar-refractivity contribution in [2.75, 3.05) is 0 Å². The highest BCUT2D eigenvalue weighted by molar-refractivity contribution is 9.10. The van der Waals surface area contributed by atoms with Crippen LogP contribution in [-0.4, -0.2) is 11.9 Å². The fourth-order valence-corrected chi connectivity index (χ4v) is 3.53. The molecule has 2 atom stereocenters. The number of amides is 1. The summed E-state index contributed by atoms with van der Waals surface area (Å²) in [6.07, 6.45) is 5.92. The molecule has 1 fully saturated rings. The van der Waals surface area contributed by atoms with Crippen LogP contribution in [0, 0.1) is 17.2 Å². The zero-order valence-electron chi connectivity index (χ0n) is 14.7. The van der Waals surface area contributed by atoms with Crippen molar-refractivity contribution in [1.29, 1.82) is 5.26 Å². The van der Waals surface area contributed by atoms with Gasteiger partial charge in [0.05, 0.1) is 0 Å². The number of nitrogens with zero attached hydrogens (tertiary/aromatic N) is 1. The number of benzene rings is 1. The van der Waals surface area contributed by atoms with Gasteiger partial charge in [-0.25, -0.2) is 0 Å². The van der Waals surface area contributed by atoms with Gasteiger partial charge in [0.2, 0.25) is 0 Å². The molecule has 1 aliphatic rings. The Morgan fingerprint density at radius 1 is 1.23 bits per heavy atom. The van der Waals surface area contributed by atoms with Gasteiger partial charge in [-0.15, -0.1) is 0 Å². The predicted octanol–water partition coefficient (Wildman–Crippen LogP) is 5.31. The lowest BCUT2D eigenvalue weighted by molar-refractivity contribution is -0.118. The van der Waals surface area contributed by atoms with E-state index in [4.69, 9.17) is 4.42 Å². The van der Waals surface area contributed by atoms with Crippen LogP contribution in [0.1, 0.15) is 38.4 Å². The molecule has 1 N–H and O–H groups in total. The number of halogens is 1. The minimum atomic E-state index is -0.326. The molecule has 1 saturated carbocycles. The van der Waals surface area contributed by atoms with E-state index in [1.54, 1.807) is 6.07 Å². The number of rotatable bonds is 4. The van der Waals surface area contributed by atoms with Crippen molar-refractivity contribution < 1.29 is 9.21 Å². The normalized spacial score (nSPS) is 20.4. The van der Waals surface area contributed by atoms with E-state index < -0.39 is 0 Å². The predicted molar refractivity (Wildman–Crippen MR) is 105 cm³/mol. The Balaban J connectivity index is 1.73. The molecule has 1 amide bonds. The molecule has 134 valence electrons. The summed E-state index contributed by atoms with van der Waals surface area (Å²) >= 11 is 3.41. The number of furan rings is 1. The second-order valence-corrected chi connectivity index (χ2v) is 7.64. The lowest BCUT2D eigenvalue weighted by Gasteiger charge is -2.29. The van der Waals surface area contributed by atoms with Crippen molar-refractivity contribution in [2.24, 2.45) is 5.92 Å². The second-order valence-electron chi connectivity index (χ2n) is 6.72. The van der Waals surface area contributed by atoms with E-state index in [2.05, 4.69) is 28.2 Å². The van der Waals surface area contributed by atoms with Crippen LogP contribution in [-0.2, 0) is 4.79 Å². The molecule has 0 spiro atoms. The van der Waals surface area contributed by atoms with Gasteiger partial charge < -0.3 is 9.73 Å². The fraction of sp³-hybridized carbons (Fsp3) is 0.333. The maximum Gasteiger partial charge on any atom is 0.262 e. The highest BCUT2D eigenvalue weighted by Crippen LogP contribution is 2.26. The first-order valence-corrected chi connectivity index (χ1v) is 9.64. The molecule has 1 aromatic carbocycles. The third-order valence-electron chi connectivity index (χ3n) is 4.84. The topological polar surface area (TPSA) is 66.0 Å². The molecule has 26 heavy (non-hydrogen) atoms. The third-order valence-corrected chi connectivity index (χ3v) is 5.36. The quantitative estimate of drug-likeness (QED) is 0.546. The molecule has 0 bridgehead atoms. The third kappa shape index (κ3) is 4.44. The SMILES string of the molecule is C[C@H]1CCCC[C@H]1NC(=O)/C(C#N)=C/c1ccc(-c2ccc(Br)cc2)o1. The van der Waals surface area contributed by atoms with E-state index in [1.165, 1.54) is 12.5 Å². The maximum absolute atomic E-state index is 12.5. The van der Waals surface area contributed by atoms with Crippen molar-refractivity contribution in [2.45, 2.75) is 38.6 Å². The number of nitrogens with one attached hydrogen (secondary N) is 1. The minimum absolute atomic E-state index is 0.0690. The molecule has 5 heteroatoms.